The van der Waals surface area contributed by atoms with E-state index in [9.17, 15) is 9.59 Å². The number of esters is 2. The second-order valence-electron chi connectivity index (χ2n) is 2.45. The van der Waals surface area contributed by atoms with E-state index in [4.69, 9.17) is 0 Å². The molecule has 0 saturated heterocycles. The number of allylic oxidation sites excluding steroid dienone is 1. The van der Waals surface area contributed by atoms with Crippen molar-refractivity contribution < 1.29 is 19.1 Å². The molecule has 0 aromatic carbocycles. The molecule has 6 heteroatoms. The summed E-state index contributed by atoms with van der Waals surface area (Å²) in [6, 6.07) is 0. The minimum atomic E-state index is -0.509. The van der Waals surface area contributed by atoms with Crippen molar-refractivity contribution in [2.45, 2.75) is 6.92 Å². The molecule has 0 unspecified atom stereocenters. The average Bonchev–Trinajstić information content (AvgIpc) is 2.70. The minimum absolute atomic E-state index is 0.294. The Morgan fingerprint density at radius 3 is 1.73 bits per heavy atom. The third-order valence-corrected chi connectivity index (χ3v) is 4.24. The number of carbonyl (C=O) groups excluding carboxylic acids is 2. The van der Waals surface area contributed by atoms with Crippen molar-refractivity contribution in [2.24, 2.45) is 0 Å². The molecule has 1 heterocycles. The van der Waals surface area contributed by atoms with Crippen LogP contribution in [0.3, 0.4) is 0 Å². The maximum atomic E-state index is 11.4. The Balaban J connectivity index is 3.02. The van der Waals surface area contributed by atoms with Crippen LogP contribution in [0.5, 0.6) is 0 Å². The van der Waals surface area contributed by atoms with E-state index < -0.39 is 11.9 Å². The maximum absolute atomic E-state index is 11.4. The summed E-state index contributed by atoms with van der Waals surface area (Å²) in [5.41, 5.74) is 0. The first kappa shape index (κ1) is 12.2. The lowest BCUT2D eigenvalue weighted by Crippen LogP contribution is -2.08. The molecule has 0 amide bonds. The lowest BCUT2D eigenvalue weighted by Gasteiger charge is -2.00. The minimum Gasteiger partial charge on any atom is -0.465 e. The average molecular weight is 246 g/mol. The summed E-state index contributed by atoms with van der Waals surface area (Å²) in [6.45, 7) is 1.84. The number of hydrogen-bond donors (Lipinski definition) is 0. The van der Waals surface area contributed by atoms with Crippen LogP contribution < -0.4 is 0 Å². The third kappa shape index (κ3) is 2.57. The second-order valence-corrected chi connectivity index (χ2v) is 4.82. The summed E-state index contributed by atoms with van der Waals surface area (Å²) in [7, 11) is 2.56. The molecule has 0 aromatic heterocycles. The molecule has 0 aromatic rings. The largest absolute Gasteiger partial charge is 0.465 e. The summed E-state index contributed by atoms with van der Waals surface area (Å²) in [4.78, 5) is 23.3. The van der Waals surface area contributed by atoms with E-state index in [1.165, 1.54) is 37.7 Å². The van der Waals surface area contributed by atoms with Gasteiger partial charge in [-0.1, -0.05) is 29.6 Å². The summed E-state index contributed by atoms with van der Waals surface area (Å²) in [5.74, 6) is -1.02. The predicted octanol–water partition coefficient (Wildman–Crippen LogP) is 1.89. The van der Waals surface area contributed by atoms with Crippen molar-refractivity contribution in [3.8, 4) is 0 Å². The number of thioether (sulfide) groups is 2. The van der Waals surface area contributed by atoms with Crippen LogP contribution in [0.2, 0.25) is 0 Å². The second kappa shape index (κ2) is 5.27. The van der Waals surface area contributed by atoms with E-state index in [1.54, 1.807) is 0 Å². The van der Waals surface area contributed by atoms with E-state index in [-0.39, 0.29) is 0 Å². The number of methoxy groups -OCH3 is 2. The Morgan fingerprint density at radius 2 is 1.47 bits per heavy atom. The predicted molar refractivity (Wildman–Crippen MR) is 60.0 cm³/mol. The smallest absolute Gasteiger partial charge is 0.346 e. The molecule has 4 nitrogen and oxygen atoms in total. The van der Waals surface area contributed by atoms with Gasteiger partial charge in [0.1, 0.15) is 9.81 Å². The van der Waals surface area contributed by atoms with Crippen LogP contribution in [0.15, 0.2) is 20.1 Å². The first-order chi connectivity index (χ1) is 7.13. The van der Waals surface area contributed by atoms with Gasteiger partial charge in [-0.3, -0.25) is 0 Å². The highest BCUT2D eigenvalue weighted by molar-refractivity contribution is 8.29. The molecule has 1 rings (SSSR count). The van der Waals surface area contributed by atoms with Gasteiger partial charge in [-0.2, -0.15) is 0 Å². The first-order valence-corrected chi connectivity index (χ1v) is 5.70. The molecule has 0 N–H and O–H groups in total. The molecule has 0 saturated carbocycles. The maximum Gasteiger partial charge on any atom is 0.346 e. The summed E-state index contributed by atoms with van der Waals surface area (Å²) in [5, 5.41) is 0. The van der Waals surface area contributed by atoms with Crippen molar-refractivity contribution in [1.82, 2.24) is 0 Å². The zero-order valence-electron chi connectivity index (χ0n) is 8.53. The van der Waals surface area contributed by atoms with Crippen LogP contribution in [0, 0.1) is 0 Å². The van der Waals surface area contributed by atoms with Crippen LogP contribution in [-0.4, -0.2) is 26.2 Å². The first-order valence-electron chi connectivity index (χ1n) is 4.07. The van der Waals surface area contributed by atoms with Gasteiger partial charge in [-0.15, -0.1) is 0 Å². The van der Waals surface area contributed by atoms with Gasteiger partial charge in [-0.25, -0.2) is 9.59 Å². The number of rotatable bonds is 2. The van der Waals surface area contributed by atoms with Gasteiger partial charge < -0.3 is 9.47 Å². The Hall–Kier alpha value is -0.880. The molecule has 0 atom stereocenters. The monoisotopic (exact) mass is 246 g/mol. The highest BCUT2D eigenvalue weighted by Gasteiger charge is 2.31. The van der Waals surface area contributed by atoms with Crippen LogP contribution in [0.25, 0.3) is 0 Å². The van der Waals surface area contributed by atoms with Crippen LogP contribution in [0.1, 0.15) is 6.92 Å². The van der Waals surface area contributed by atoms with Crippen LogP contribution in [0.4, 0.5) is 0 Å². The number of ether oxygens (including phenoxy) is 2. The zero-order valence-corrected chi connectivity index (χ0v) is 10.2. The molecule has 15 heavy (non-hydrogen) atoms. The quantitative estimate of drug-likeness (QED) is 0.693. The summed E-state index contributed by atoms with van der Waals surface area (Å²) < 4.78 is 10.0. The van der Waals surface area contributed by atoms with Gasteiger partial charge in [0.15, 0.2) is 0 Å². The van der Waals surface area contributed by atoms with Crippen molar-refractivity contribution >= 4 is 35.5 Å². The van der Waals surface area contributed by atoms with Gasteiger partial charge in [0.25, 0.3) is 0 Å². The third-order valence-electron chi connectivity index (χ3n) is 1.59. The molecular formula is C9H10O4S2. The van der Waals surface area contributed by atoms with E-state index >= 15 is 0 Å². The van der Waals surface area contributed by atoms with Gasteiger partial charge in [-0.05, 0) is 6.92 Å². The molecular weight excluding hydrogens is 236 g/mol. The normalized spacial score (nSPS) is 15.3. The lowest BCUT2D eigenvalue weighted by atomic mass is 10.5. The Kier molecular flexibility index (Phi) is 4.28. The van der Waals surface area contributed by atoms with Gasteiger partial charge in [0, 0.05) is 4.24 Å². The Bertz CT molecular complexity index is 327. The van der Waals surface area contributed by atoms with Crippen LogP contribution in [-0.2, 0) is 19.1 Å². The molecule has 0 aliphatic carbocycles. The van der Waals surface area contributed by atoms with E-state index in [1.807, 2.05) is 13.0 Å². The number of hydrogen-bond acceptors (Lipinski definition) is 6. The van der Waals surface area contributed by atoms with Gasteiger partial charge in [0.05, 0.1) is 14.2 Å². The Morgan fingerprint density at radius 1 is 1.07 bits per heavy atom. The van der Waals surface area contributed by atoms with Gasteiger partial charge in [0.2, 0.25) is 0 Å². The fourth-order valence-corrected chi connectivity index (χ4v) is 3.13. The molecule has 82 valence electrons. The molecule has 0 spiro atoms. The fourth-order valence-electron chi connectivity index (χ4n) is 0.887. The Labute approximate surface area is 96.1 Å². The fraction of sp³-hybridized carbons (Fsp3) is 0.333. The SMILES string of the molecule is CC=C1SC(C(=O)OC)=C(C(=O)OC)S1. The van der Waals surface area contributed by atoms with E-state index in [0.717, 1.165) is 4.24 Å². The lowest BCUT2D eigenvalue weighted by molar-refractivity contribution is -0.138. The van der Waals surface area contributed by atoms with Crippen molar-refractivity contribution in [3.05, 3.63) is 20.1 Å². The highest BCUT2D eigenvalue weighted by atomic mass is 32.2. The van der Waals surface area contributed by atoms with Crippen molar-refractivity contribution in [1.29, 1.82) is 0 Å². The van der Waals surface area contributed by atoms with E-state index in [2.05, 4.69) is 9.47 Å². The number of carbonyl (C=O) groups is 2. The van der Waals surface area contributed by atoms with E-state index in [0.29, 0.717) is 9.81 Å². The van der Waals surface area contributed by atoms with Crippen LogP contribution >= 0.6 is 23.5 Å². The van der Waals surface area contributed by atoms with Crippen molar-refractivity contribution in [2.75, 3.05) is 14.2 Å². The van der Waals surface area contributed by atoms with Gasteiger partial charge >= 0.3 is 11.9 Å². The molecule has 1 aliphatic rings. The zero-order chi connectivity index (χ0) is 11.4. The molecule has 0 fully saturated rings. The summed E-state index contributed by atoms with van der Waals surface area (Å²) >= 11 is 2.45. The highest BCUT2D eigenvalue weighted by Crippen LogP contribution is 2.49. The topological polar surface area (TPSA) is 52.6 Å². The van der Waals surface area contributed by atoms with Crippen molar-refractivity contribution in [3.63, 3.8) is 0 Å². The standard InChI is InChI=1S/C9H10O4S2/c1-4-5-14-6(8(10)12-2)7(15-5)9(11)13-3/h4H,1-3H3. The summed E-state index contributed by atoms with van der Waals surface area (Å²) in [6.07, 6.45) is 1.83. The molecule has 0 radical (unpaired) electrons. The molecule has 0 bridgehead atoms. The molecule has 1 aliphatic heterocycles.